The molecule has 144 valence electrons. The Kier molecular flexibility index (Phi) is 6.89. The molecule has 0 saturated heterocycles. The maximum atomic E-state index is 11.4. The van der Waals surface area contributed by atoms with Crippen LogP contribution >= 0.6 is 22.0 Å². The Balaban J connectivity index is 1.37. The number of likely N-dealkylation sites (N-methyl/N-ethyl adjacent to an activating group) is 1. The minimum Gasteiger partial charge on any atom is -0.492 e. The Morgan fingerprint density at radius 2 is 1.93 bits per heavy atom. The van der Waals surface area contributed by atoms with Gasteiger partial charge in [-0.15, -0.1) is 0 Å². The van der Waals surface area contributed by atoms with E-state index in [1.54, 1.807) is 34.1 Å². The highest BCUT2D eigenvalue weighted by Crippen LogP contribution is 2.56. The highest BCUT2D eigenvalue weighted by Gasteiger charge is 2.30. The van der Waals surface area contributed by atoms with Crippen molar-refractivity contribution in [2.45, 2.75) is 6.54 Å². The molecule has 2 aromatic rings. The molecule has 0 amide bonds. The molecule has 1 aliphatic rings. The number of methoxy groups -OCH3 is 1. The van der Waals surface area contributed by atoms with Gasteiger partial charge in [-0.1, -0.05) is 12.1 Å². The molecule has 0 aromatic heterocycles. The van der Waals surface area contributed by atoms with E-state index in [9.17, 15) is 4.79 Å². The minimum atomic E-state index is -0.316. The monoisotopic (exact) mass is 405 g/mol. The van der Waals surface area contributed by atoms with Crippen molar-refractivity contribution < 1.29 is 14.3 Å². The molecule has 0 aliphatic carbocycles. The summed E-state index contributed by atoms with van der Waals surface area (Å²) in [6.45, 7) is 2.29. The molecule has 1 N–H and O–H groups in total. The van der Waals surface area contributed by atoms with Gasteiger partial charge in [0.15, 0.2) is 0 Å². The summed E-state index contributed by atoms with van der Waals surface area (Å²) in [5.74, 6) is 0.589. The first-order valence-electron chi connectivity index (χ1n) is 8.54. The third kappa shape index (κ3) is 5.55. The normalized spacial score (nSPS) is 12.1. The highest BCUT2D eigenvalue weighted by molar-refractivity contribution is 8.76. The zero-order chi connectivity index (χ0) is 19.2. The van der Waals surface area contributed by atoms with E-state index in [4.69, 9.17) is 9.47 Å². The number of carbonyl (C=O) groups excluding carboxylic acids is 1. The van der Waals surface area contributed by atoms with Crippen LogP contribution in [0.4, 0.5) is 11.4 Å². The largest absolute Gasteiger partial charge is 0.492 e. The van der Waals surface area contributed by atoms with Crippen molar-refractivity contribution in [3.8, 4) is 5.75 Å². The topological polar surface area (TPSA) is 53.8 Å². The van der Waals surface area contributed by atoms with E-state index in [1.165, 1.54) is 18.5 Å². The first-order valence-corrected chi connectivity index (χ1v) is 10.6. The van der Waals surface area contributed by atoms with E-state index in [1.807, 2.05) is 32.3 Å². The fourth-order valence-electron chi connectivity index (χ4n) is 2.37. The van der Waals surface area contributed by atoms with Crippen LogP contribution in [0.1, 0.15) is 15.9 Å². The van der Waals surface area contributed by atoms with Crippen LogP contribution in [0.25, 0.3) is 0 Å². The maximum absolute atomic E-state index is 11.4. The Labute approximate surface area is 167 Å². The third-order valence-corrected chi connectivity index (χ3v) is 5.87. The maximum Gasteiger partial charge on any atom is 0.337 e. The molecule has 2 aromatic carbocycles. The summed E-state index contributed by atoms with van der Waals surface area (Å²) >= 11 is 0. The van der Waals surface area contributed by atoms with Gasteiger partial charge in [-0.2, -0.15) is 0 Å². The van der Waals surface area contributed by atoms with Gasteiger partial charge in [0.05, 0.1) is 24.0 Å². The Hall–Kier alpha value is -1.87. The number of carbonyl (C=O) groups is 1. The third-order valence-electron chi connectivity index (χ3n) is 3.96. The molecule has 0 spiro atoms. The summed E-state index contributed by atoms with van der Waals surface area (Å²) < 4.78 is 15.9. The van der Waals surface area contributed by atoms with Crippen LogP contribution in [-0.4, -0.2) is 45.2 Å². The van der Waals surface area contributed by atoms with Crippen LogP contribution in [-0.2, 0) is 11.3 Å². The van der Waals surface area contributed by atoms with Gasteiger partial charge in [-0.05, 0) is 43.9 Å². The first-order chi connectivity index (χ1) is 13.1. The second-order valence-electron chi connectivity index (χ2n) is 6.26. The average Bonchev–Trinajstić information content (AvgIpc) is 3.37. The number of hydrogen-bond donors (Lipinski definition) is 1. The second kappa shape index (κ2) is 9.36. The van der Waals surface area contributed by atoms with Gasteiger partial charge in [0, 0.05) is 41.1 Å². The van der Waals surface area contributed by atoms with Gasteiger partial charge >= 0.3 is 5.97 Å². The summed E-state index contributed by atoms with van der Waals surface area (Å²) in [6.07, 6.45) is 0. The number of nitrogens with one attached hydrogen (secondary N) is 1. The summed E-state index contributed by atoms with van der Waals surface area (Å²) in [6, 6.07) is 13.6. The number of hydrogen-bond acceptors (Lipinski definition) is 8. The van der Waals surface area contributed by atoms with Gasteiger partial charge < -0.3 is 14.4 Å². The van der Waals surface area contributed by atoms with E-state index in [-0.39, 0.29) is 5.97 Å². The van der Waals surface area contributed by atoms with E-state index in [2.05, 4.69) is 26.1 Å². The summed E-state index contributed by atoms with van der Waals surface area (Å²) in [5.41, 5.74) is 4.08. The van der Waals surface area contributed by atoms with Crippen molar-refractivity contribution >= 4 is 39.3 Å². The lowest BCUT2D eigenvalue weighted by Crippen LogP contribution is -2.19. The summed E-state index contributed by atoms with van der Waals surface area (Å²) in [7, 11) is 8.66. The molecule has 0 bridgehead atoms. The minimum absolute atomic E-state index is 0.316. The molecule has 0 saturated carbocycles. The predicted molar refractivity (Wildman–Crippen MR) is 112 cm³/mol. The highest BCUT2D eigenvalue weighted by atomic mass is 33.1. The number of anilines is 2. The lowest BCUT2D eigenvalue weighted by atomic mass is 10.1. The molecule has 8 heteroatoms. The van der Waals surface area contributed by atoms with Gasteiger partial charge in [0.1, 0.15) is 12.4 Å². The number of ether oxygens (including phenoxy) is 2. The van der Waals surface area contributed by atoms with E-state index < -0.39 is 0 Å². The molecule has 0 atom stereocenters. The van der Waals surface area contributed by atoms with Crippen molar-refractivity contribution in [3.05, 3.63) is 53.6 Å². The summed E-state index contributed by atoms with van der Waals surface area (Å²) in [4.78, 5) is 13.5. The fourth-order valence-corrected chi connectivity index (χ4v) is 4.19. The molecular formula is C19H23N3O3S2. The van der Waals surface area contributed by atoms with Crippen LogP contribution in [0.2, 0.25) is 0 Å². The standard InChI is InChI=1S/C19H23N3O3S2/c1-21(2)10-11-25-16-8-9-17-18(12-16)22(17)27-26-20-13-14-4-6-15(7-5-14)19(23)24-3/h4-9,12,20H,10-11,13H2,1-3H3. The first kappa shape index (κ1) is 19.9. The SMILES string of the molecule is COC(=O)c1ccc(CNSSN2c3ccc(OCCN(C)C)cc32)cc1. The smallest absolute Gasteiger partial charge is 0.337 e. The number of esters is 1. The van der Waals surface area contributed by atoms with Gasteiger partial charge in [-0.3, -0.25) is 4.31 Å². The van der Waals surface area contributed by atoms with Gasteiger partial charge in [0.2, 0.25) is 0 Å². The second-order valence-corrected chi connectivity index (χ2v) is 8.18. The fraction of sp³-hybridized carbons (Fsp3) is 0.316. The molecule has 0 radical (unpaired) electrons. The molecule has 0 fully saturated rings. The Morgan fingerprint density at radius 1 is 1.15 bits per heavy atom. The molecule has 0 unspecified atom stereocenters. The number of rotatable bonds is 10. The van der Waals surface area contributed by atoms with Crippen LogP contribution in [0.3, 0.4) is 0 Å². The number of benzene rings is 2. The van der Waals surface area contributed by atoms with Crippen molar-refractivity contribution in [1.29, 1.82) is 0 Å². The lowest BCUT2D eigenvalue weighted by molar-refractivity contribution is 0.0600. The van der Waals surface area contributed by atoms with Crippen LogP contribution in [0, 0.1) is 0 Å². The molecule has 1 heterocycles. The van der Waals surface area contributed by atoms with Crippen molar-refractivity contribution in [3.63, 3.8) is 0 Å². The van der Waals surface area contributed by atoms with Crippen molar-refractivity contribution in [2.24, 2.45) is 0 Å². The van der Waals surface area contributed by atoms with Crippen LogP contribution < -0.4 is 13.8 Å². The van der Waals surface area contributed by atoms with E-state index in [0.717, 1.165) is 17.9 Å². The number of fused-ring (bicyclic) bond motifs is 1. The lowest BCUT2D eigenvalue weighted by Gasteiger charge is -2.10. The van der Waals surface area contributed by atoms with Crippen LogP contribution in [0.15, 0.2) is 42.5 Å². The zero-order valence-corrected chi connectivity index (χ0v) is 17.2. The van der Waals surface area contributed by atoms with E-state index in [0.29, 0.717) is 18.7 Å². The molecular weight excluding hydrogens is 382 g/mol. The van der Waals surface area contributed by atoms with E-state index >= 15 is 0 Å². The Morgan fingerprint density at radius 3 is 2.63 bits per heavy atom. The molecule has 3 rings (SSSR count). The predicted octanol–water partition coefficient (Wildman–Crippen LogP) is 3.87. The van der Waals surface area contributed by atoms with Gasteiger partial charge in [-0.25, -0.2) is 9.52 Å². The van der Waals surface area contributed by atoms with Crippen LogP contribution in [0.5, 0.6) is 5.75 Å². The van der Waals surface area contributed by atoms with Crippen molar-refractivity contribution in [1.82, 2.24) is 9.62 Å². The molecule has 1 aliphatic heterocycles. The Bertz CT molecular complexity index is 784. The molecule has 27 heavy (non-hydrogen) atoms. The molecule has 6 nitrogen and oxygen atoms in total. The van der Waals surface area contributed by atoms with Crippen molar-refractivity contribution in [2.75, 3.05) is 38.7 Å². The quantitative estimate of drug-likeness (QED) is 0.210. The average molecular weight is 406 g/mol. The summed E-state index contributed by atoms with van der Waals surface area (Å²) in [5, 5.41) is 0. The van der Waals surface area contributed by atoms with Gasteiger partial charge in [0.25, 0.3) is 0 Å². The number of nitrogens with zero attached hydrogens (tertiary/aromatic N) is 2. The zero-order valence-electron chi connectivity index (χ0n) is 15.6.